The number of ether oxygens (including phenoxy) is 1. The van der Waals surface area contributed by atoms with Crippen LogP contribution in [0.1, 0.15) is 54.3 Å². The van der Waals surface area contributed by atoms with Crippen LogP contribution in [0.2, 0.25) is 0 Å². The van der Waals surface area contributed by atoms with Crippen LogP contribution in [0.3, 0.4) is 0 Å². The van der Waals surface area contributed by atoms with Gasteiger partial charge in [-0.15, -0.1) is 5.10 Å². The molecule has 3 aromatic heterocycles. The van der Waals surface area contributed by atoms with Gasteiger partial charge in [0.1, 0.15) is 28.3 Å². The molecule has 4 aromatic rings. The number of nitrogens with zero attached hydrogens (tertiary/aromatic N) is 7. The van der Waals surface area contributed by atoms with Crippen LogP contribution in [0.5, 0.6) is 0 Å². The summed E-state index contributed by atoms with van der Waals surface area (Å²) in [5, 5.41) is 17.9. The lowest BCUT2D eigenvalue weighted by Gasteiger charge is -2.39. The number of aromatic nitrogens is 5. The summed E-state index contributed by atoms with van der Waals surface area (Å²) in [6.45, 7) is 5.69. The summed E-state index contributed by atoms with van der Waals surface area (Å²) in [5.74, 6) is -3.10. The molecular weight excluding hydrogens is 533 g/mol. The standard InChI is InChI=1S/C28H28FN7O5/c1-28(2,3)41-27(40)34-14-6-7-18(16-34)35(23-20(26(38)39)8-4-12-30-23)25(37)19-11-10-17(15-21(19)29)36-24-22(32-33-36)9-5-13-31-24/h4-5,8-13,15,18H,6-7,14,16H2,1-3H3,(H,38,39)/t18-/m1/s1. The van der Waals surface area contributed by atoms with Crippen molar-refractivity contribution in [3.63, 3.8) is 0 Å². The molecule has 12 nitrogen and oxygen atoms in total. The number of halogens is 1. The van der Waals surface area contributed by atoms with Crippen molar-refractivity contribution >= 4 is 35.0 Å². The van der Waals surface area contributed by atoms with Gasteiger partial charge in [-0.05, 0) is 70.0 Å². The molecule has 0 aliphatic carbocycles. The Bertz CT molecular complexity index is 1630. The zero-order valence-electron chi connectivity index (χ0n) is 22.7. The molecule has 1 aliphatic rings. The minimum absolute atomic E-state index is 0.0482. The fourth-order valence-electron chi connectivity index (χ4n) is 4.73. The molecule has 1 N–H and O–H groups in total. The molecule has 5 rings (SSSR count). The van der Waals surface area contributed by atoms with Gasteiger partial charge in [-0.25, -0.2) is 23.9 Å². The summed E-state index contributed by atoms with van der Waals surface area (Å²) >= 11 is 0. The molecule has 0 unspecified atom stereocenters. The SMILES string of the molecule is CC(C)(C)OC(=O)N1CCC[C@@H](N(C(=O)c2ccc(-n3nnc4cccnc43)cc2F)c2ncccc2C(=O)O)C1. The van der Waals surface area contributed by atoms with E-state index >= 15 is 4.39 Å². The number of fused-ring (bicyclic) bond motifs is 1. The lowest BCUT2D eigenvalue weighted by Crippen LogP contribution is -2.53. The maximum Gasteiger partial charge on any atom is 0.410 e. The van der Waals surface area contributed by atoms with Crippen LogP contribution in [0.15, 0.2) is 54.9 Å². The van der Waals surface area contributed by atoms with Gasteiger partial charge in [0, 0.05) is 31.5 Å². The average Bonchev–Trinajstić information content (AvgIpc) is 3.37. The van der Waals surface area contributed by atoms with Gasteiger partial charge in [0.2, 0.25) is 0 Å². The highest BCUT2D eigenvalue weighted by Crippen LogP contribution is 2.29. The summed E-state index contributed by atoms with van der Waals surface area (Å²) in [6.07, 6.45) is 3.30. The molecule has 41 heavy (non-hydrogen) atoms. The topological polar surface area (TPSA) is 144 Å². The van der Waals surface area contributed by atoms with Crippen LogP contribution in [-0.2, 0) is 4.74 Å². The fourth-order valence-corrected chi connectivity index (χ4v) is 4.73. The predicted octanol–water partition coefficient (Wildman–Crippen LogP) is 4.09. The second-order valence-electron chi connectivity index (χ2n) is 10.6. The minimum atomic E-state index is -1.30. The summed E-state index contributed by atoms with van der Waals surface area (Å²) in [6, 6.07) is 9.43. The van der Waals surface area contributed by atoms with E-state index in [4.69, 9.17) is 4.74 Å². The van der Waals surface area contributed by atoms with Gasteiger partial charge >= 0.3 is 12.1 Å². The van der Waals surface area contributed by atoms with Gasteiger partial charge in [0.15, 0.2) is 5.65 Å². The number of carboxylic acid groups (broad SMARTS) is 1. The van der Waals surface area contributed by atoms with E-state index in [2.05, 4.69) is 20.3 Å². The van der Waals surface area contributed by atoms with Crippen molar-refractivity contribution in [2.24, 2.45) is 0 Å². The zero-order chi connectivity index (χ0) is 29.3. The second kappa shape index (κ2) is 10.9. The lowest BCUT2D eigenvalue weighted by atomic mass is 10.0. The van der Waals surface area contributed by atoms with Gasteiger partial charge in [-0.1, -0.05) is 5.21 Å². The third-order valence-electron chi connectivity index (χ3n) is 6.51. The van der Waals surface area contributed by atoms with E-state index in [1.807, 2.05) is 0 Å². The number of carboxylic acids is 1. The van der Waals surface area contributed by atoms with Crippen molar-refractivity contribution < 1.29 is 28.6 Å². The number of aromatic carboxylic acids is 1. The first-order valence-electron chi connectivity index (χ1n) is 13.0. The maximum atomic E-state index is 15.6. The molecule has 1 saturated heterocycles. The number of amides is 2. The third kappa shape index (κ3) is 5.69. The van der Waals surface area contributed by atoms with E-state index in [0.29, 0.717) is 36.2 Å². The van der Waals surface area contributed by atoms with Crippen molar-refractivity contribution in [2.75, 3.05) is 18.0 Å². The molecule has 1 aromatic carbocycles. The van der Waals surface area contributed by atoms with Gasteiger partial charge in [0.05, 0.1) is 17.3 Å². The first-order valence-corrected chi connectivity index (χ1v) is 13.0. The molecule has 0 radical (unpaired) electrons. The first kappa shape index (κ1) is 27.6. The maximum absolute atomic E-state index is 15.6. The highest BCUT2D eigenvalue weighted by molar-refractivity contribution is 6.09. The monoisotopic (exact) mass is 561 g/mol. The summed E-state index contributed by atoms with van der Waals surface area (Å²) in [4.78, 5) is 50.0. The first-order chi connectivity index (χ1) is 19.5. The van der Waals surface area contributed by atoms with E-state index in [-0.39, 0.29) is 23.5 Å². The number of likely N-dealkylation sites (tertiary alicyclic amines) is 1. The number of carbonyl (C=O) groups is 3. The molecule has 2 amide bonds. The molecule has 1 fully saturated rings. The number of carbonyl (C=O) groups excluding carboxylic acids is 2. The number of hydrogen-bond acceptors (Lipinski definition) is 8. The molecule has 4 heterocycles. The smallest absolute Gasteiger partial charge is 0.410 e. The summed E-state index contributed by atoms with van der Waals surface area (Å²) < 4.78 is 22.5. The molecule has 13 heteroatoms. The largest absolute Gasteiger partial charge is 0.478 e. The highest BCUT2D eigenvalue weighted by Gasteiger charge is 2.37. The van der Waals surface area contributed by atoms with Crippen molar-refractivity contribution in [1.82, 2.24) is 29.9 Å². The van der Waals surface area contributed by atoms with Gasteiger partial charge in [-0.3, -0.25) is 9.69 Å². The van der Waals surface area contributed by atoms with Gasteiger partial charge < -0.3 is 14.7 Å². The quantitative estimate of drug-likeness (QED) is 0.381. The Labute approximate surface area is 234 Å². The van der Waals surface area contributed by atoms with E-state index in [1.165, 1.54) is 44.9 Å². The summed E-state index contributed by atoms with van der Waals surface area (Å²) in [5.41, 5.74) is -0.0362. The van der Waals surface area contributed by atoms with Crippen molar-refractivity contribution in [3.8, 4) is 5.69 Å². The van der Waals surface area contributed by atoms with Crippen molar-refractivity contribution in [3.05, 3.63) is 71.8 Å². The van der Waals surface area contributed by atoms with E-state index in [9.17, 15) is 19.5 Å². The van der Waals surface area contributed by atoms with E-state index in [0.717, 1.165) is 6.07 Å². The van der Waals surface area contributed by atoms with Gasteiger partial charge in [0.25, 0.3) is 5.91 Å². The van der Waals surface area contributed by atoms with Crippen LogP contribution in [-0.4, -0.2) is 77.7 Å². The number of rotatable bonds is 5. The number of piperidine rings is 1. The molecule has 1 aliphatic heterocycles. The number of pyridine rings is 2. The van der Waals surface area contributed by atoms with Crippen molar-refractivity contribution in [2.45, 2.75) is 45.3 Å². The normalized spacial score (nSPS) is 15.5. The van der Waals surface area contributed by atoms with Crippen LogP contribution in [0, 0.1) is 5.82 Å². The van der Waals surface area contributed by atoms with Crippen LogP contribution >= 0.6 is 0 Å². The predicted molar refractivity (Wildman–Crippen MR) is 145 cm³/mol. The zero-order valence-corrected chi connectivity index (χ0v) is 22.7. The lowest BCUT2D eigenvalue weighted by molar-refractivity contribution is 0.0195. The Balaban J connectivity index is 1.53. The molecule has 0 saturated carbocycles. The average molecular weight is 562 g/mol. The van der Waals surface area contributed by atoms with Crippen LogP contribution in [0.4, 0.5) is 15.0 Å². The Morgan fingerprint density at radius 3 is 2.56 bits per heavy atom. The third-order valence-corrected chi connectivity index (χ3v) is 6.51. The van der Waals surface area contributed by atoms with Gasteiger partial charge in [-0.2, -0.15) is 4.68 Å². The van der Waals surface area contributed by atoms with E-state index in [1.54, 1.807) is 39.1 Å². The Morgan fingerprint density at radius 1 is 1.07 bits per heavy atom. The Kier molecular flexibility index (Phi) is 7.35. The number of anilines is 1. The Hall–Kier alpha value is -4.94. The van der Waals surface area contributed by atoms with E-state index < -0.39 is 35.4 Å². The molecule has 1 atom stereocenters. The number of hydrogen-bond donors (Lipinski definition) is 1. The minimum Gasteiger partial charge on any atom is -0.478 e. The number of benzene rings is 1. The van der Waals surface area contributed by atoms with Crippen molar-refractivity contribution in [1.29, 1.82) is 0 Å². The molecule has 212 valence electrons. The highest BCUT2D eigenvalue weighted by atomic mass is 19.1. The van der Waals surface area contributed by atoms with Crippen LogP contribution < -0.4 is 4.90 Å². The summed E-state index contributed by atoms with van der Waals surface area (Å²) in [7, 11) is 0. The molecule has 0 bridgehead atoms. The molecular formula is C28H28FN7O5. The van der Waals surface area contributed by atoms with Crippen LogP contribution in [0.25, 0.3) is 16.9 Å². The fraction of sp³-hybridized carbons (Fsp3) is 0.321. The molecule has 0 spiro atoms. The second-order valence-corrected chi connectivity index (χ2v) is 10.6. The Morgan fingerprint density at radius 2 is 1.83 bits per heavy atom.